The van der Waals surface area contributed by atoms with Crippen LogP contribution in [-0.4, -0.2) is 21.4 Å². The number of H-pyrrole nitrogens is 1. The molecule has 5 aromatic rings. The van der Waals surface area contributed by atoms with E-state index in [4.69, 9.17) is 13.8 Å². The minimum Gasteiger partial charge on any atom is -0.441 e. The summed E-state index contributed by atoms with van der Waals surface area (Å²) in [4.78, 5) is 28.0. The molecule has 1 amide bonds. The Bertz CT molecular complexity index is 1660. The summed E-state index contributed by atoms with van der Waals surface area (Å²) in [7, 11) is 0. The van der Waals surface area contributed by atoms with E-state index in [0.29, 0.717) is 23.0 Å². The van der Waals surface area contributed by atoms with Gasteiger partial charge in [-0.05, 0) is 48.9 Å². The van der Waals surface area contributed by atoms with Crippen LogP contribution in [0.5, 0.6) is 0 Å². The molecular formula is C30H26N4O5. The van der Waals surface area contributed by atoms with E-state index in [1.807, 2.05) is 61.5 Å². The summed E-state index contributed by atoms with van der Waals surface area (Å²) >= 11 is 0. The van der Waals surface area contributed by atoms with Gasteiger partial charge in [0.15, 0.2) is 11.6 Å². The molecule has 0 saturated heterocycles. The first-order chi connectivity index (χ1) is 18.9. The van der Waals surface area contributed by atoms with Gasteiger partial charge in [0.05, 0.1) is 5.41 Å². The number of ether oxygens (including phenoxy) is 1. The van der Waals surface area contributed by atoms with Gasteiger partial charge in [-0.1, -0.05) is 84.0 Å². The highest BCUT2D eigenvalue weighted by Gasteiger charge is 2.49. The Hall–Kier alpha value is -4.92. The molecule has 3 aromatic carbocycles. The van der Waals surface area contributed by atoms with Crippen LogP contribution in [0.3, 0.4) is 0 Å². The van der Waals surface area contributed by atoms with Crippen molar-refractivity contribution in [2.75, 3.05) is 5.32 Å². The summed E-state index contributed by atoms with van der Waals surface area (Å²) in [6, 6.07) is 25.6. The SMILES string of the molecule is Cc1noc(-c2ccc(-c3ccc(C4(c5nc(=O)o[nH]5)CC4)cc3)cc2)c1NC(=O)O[C@H](C)c1ccccc1. The number of hydrogen-bond acceptors (Lipinski definition) is 7. The van der Waals surface area contributed by atoms with Gasteiger partial charge in [0.25, 0.3) is 0 Å². The van der Waals surface area contributed by atoms with Crippen molar-refractivity contribution in [2.45, 2.75) is 38.2 Å². The number of nitrogens with zero attached hydrogens (tertiary/aromatic N) is 2. The molecule has 1 saturated carbocycles. The van der Waals surface area contributed by atoms with Gasteiger partial charge in [-0.3, -0.25) is 5.32 Å². The fourth-order valence-corrected chi connectivity index (χ4v) is 4.81. The van der Waals surface area contributed by atoms with Crippen LogP contribution in [0.15, 0.2) is 92.7 Å². The minimum absolute atomic E-state index is 0.276. The summed E-state index contributed by atoms with van der Waals surface area (Å²) in [6.07, 6.45) is 0.831. The first kappa shape index (κ1) is 24.4. The lowest BCUT2D eigenvalue weighted by Crippen LogP contribution is -2.16. The van der Waals surface area contributed by atoms with E-state index in [2.05, 4.69) is 44.9 Å². The highest BCUT2D eigenvalue weighted by molar-refractivity contribution is 5.91. The fourth-order valence-electron chi connectivity index (χ4n) is 4.81. The molecule has 1 fully saturated rings. The molecule has 196 valence electrons. The van der Waals surface area contributed by atoms with Crippen LogP contribution in [0.4, 0.5) is 10.5 Å². The summed E-state index contributed by atoms with van der Waals surface area (Å²) < 4.78 is 15.9. The van der Waals surface area contributed by atoms with E-state index in [1.54, 1.807) is 6.92 Å². The van der Waals surface area contributed by atoms with E-state index in [9.17, 15) is 9.59 Å². The monoisotopic (exact) mass is 522 g/mol. The zero-order chi connectivity index (χ0) is 27.0. The lowest BCUT2D eigenvalue weighted by atomic mass is 9.93. The molecular weight excluding hydrogens is 496 g/mol. The van der Waals surface area contributed by atoms with Gasteiger partial charge in [-0.15, -0.1) is 0 Å². The number of hydrogen-bond donors (Lipinski definition) is 2. The Morgan fingerprint density at radius 1 is 0.974 bits per heavy atom. The molecule has 2 heterocycles. The first-order valence-corrected chi connectivity index (χ1v) is 12.7. The topological polar surface area (TPSA) is 123 Å². The van der Waals surface area contributed by atoms with Gasteiger partial charge in [0.1, 0.15) is 17.5 Å². The van der Waals surface area contributed by atoms with Gasteiger partial charge >= 0.3 is 11.8 Å². The van der Waals surface area contributed by atoms with Crippen LogP contribution in [0.25, 0.3) is 22.5 Å². The van der Waals surface area contributed by atoms with Crippen molar-refractivity contribution in [1.82, 2.24) is 15.3 Å². The lowest BCUT2D eigenvalue weighted by Gasteiger charge is -2.14. The average Bonchev–Trinajstić information content (AvgIpc) is 3.53. The van der Waals surface area contributed by atoms with Crippen molar-refractivity contribution in [3.8, 4) is 22.5 Å². The average molecular weight is 523 g/mol. The van der Waals surface area contributed by atoms with Crippen LogP contribution in [0.2, 0.25) is 0 Å². The van der Waals surface area contributed by atoms with E-state index in [-0.39, 0.29) is 5.41 Å². The molecule has 1 aliphatic rings. The second-order valence-corrected chi connectivity index (χ2v) is 9.72. The molecule has 1 aliphatic carbocycles. The molecule has 1 atom stereocenters. The maximum absolute atomic E-state index is 12.6. The van der Waals surface area contributed by atoms with E-state index in [0.717, 1.165) is 40.7 Å². The van der Waals surface area contributed by atoms with E-state index in [1.165, 1.54) is 0 Å². The molecule has 9 nitrogen and oxygen atoms in total. The maximum Gasteiger partial charge on any atom is 0.459 e. The Kier molecular flexibility index (Phi) is 6.11. The third-order valence-electron chi connectivity index (χ3n) is 7.20. The molecule has 39 heavy (non-hydrogen) atoms. The molecule has 6 rings (SSSR count). The van der Waals surface area contributed by atoms with Crippen LogP contribution >= 0.6 is 0 Å². The van der Waals surface area contributed by atoms with Crippen molar-refractivity contribution in [3.63, 3.8) is 0 Å². The third kappa shape index (κ3) is 4.74. The van der Waals surface area contributed by atoms with Crippen molar-refractivity contribution in [2.24, 2.45) is 0 Å². The van der Waals surface area contributed by atoms with Gasteiger partial charge in [0, 0.05) is 5.56 Å². The van der Waals surface area contributed by atoms with E-state index < -0.39 is 18.0 Å². The summed E-state index contributed by atoms with van der Waals surface area (Å²) in [5.41, 5.74) is 5.57. The van der Waals surface area contributed by atoms with E-state index >= 15 is 0 Å². The standard InChI is InChI=1S/C30H26N4O5/c1-18-25(31-28(35)37-19(2)20-6-4-3-5-7-20)26(38-33-18)23-10-8-21(9-11-23)22-12-14-24(15-13-22)30(16-17-30)27-32-29(36)39-34-27/h3-15,19H,16-17H2,1-2H3,(H,31,35)(H,32,34,36)/t19-/m1/s1. The number of aromatic nitrogens is 3. The lowest BCUT2D eigenvalue weighted by molar-refractivity contribution is 0.121. The molecule has 0 unspecified atom stereocenters. The highest BCUT2D eigenvalue weighted by Crippen LogP contribution is 2.52. The minimum atomic E-state index is -0.605. The molecule has 0 bridgehead atoms. The second kappa shape index (κ2) is 9.75. The summed E-state index contributed by atoms with van der Waals surface area (Å²) in [5.74, 6) is 0.428. The number of carbonyl (C=O) groups is 1. The predicted octanol–water partition coefficient (Wildman–Crippen LogP) is 6.38. The van der Waals surface area contributed by atoms with Crippen LogP contribution in [0.1, 0.15) is 48.5 Å². The number of rotatable bonds is 7. The Balaban J connectivity index is 1.17. The zero-order valence-corrected chi connectivity index (χ0v) is 21.4. The van der Waals surface area contributed by atoms with Crippen molar-refractivity contribution in [3.05, 3.63) is 112 Å². The molecule has 2 N–H and O–H groups in total. The van der Waals surface area contributed by atoms with Gasteiger partial charge in [0.2, 0.25) is 0 Å². The van der Waals surface area contributed by atoms with Crippen LogP contribution in [-0.2, 0) is 10.2 Å². The highest BCUT2D eigenvalue weighted by atomic mass is 16.6. The number of aryl methyl sites for hydroxylation is 1. The Labute approximate surface area is 223 Å². The first-order valence-electron chi connectivity index (χ1n) is 12.7. The number of amides is 1. The summed E-state index contributed by atoms with van der Waals surface area (Å²) in [6.45, 7) is 3.58. The number of aromatic amines is 1. The summed E-state index contributed by atoms with van der Waals surface area (Å²) in [5, 5.41) is 9.51. The molecule has 9 heteroatoms. The molecule has 0 radical (unpaired) electrons. The number of carbonyl (C=O) groups excluding carboxylic acids is 1. The van der Waals surface area contributed by atoms with Crippen molar-refractivity contribution < 1.29 is 18.6 Å². The van der Waals surface area contributed by atoms with Crippen molar-refractivity contribution in [1.29, 1.82) is 0 Å². The number of anilines is 1. The number of benzene rings is 3. The normalized spacial score (nSPS) is 14.5. The van der Waals surface area contributed by atoms with Gasteiger partial charge in [-0.25, -0.2) is 14.7 Å². The quantitative estimate of drug-likeness (QED) is 0.254. The Morgan fingerprint density at radius 3 is 2.23 bits per heavy atom. The van der Waals surface area contributed by atoms with Gasteiger partial charge < -0.3 is 13.8 Å². The molecule has 2 aromatic heterocycles. The largest absolute Gasteiger partial charge is 0.459 e. The predicted molar refractivity (Wildman–Crippen MR) is 144 cm³/mol. The number of nitrogens with one attached hydrogen (secondary N) is 2. The zero-order valence-electron chi connectivity index (χ0n) is 21.4. The molecule has 0 aliphatic heterocycles. The fraction of sp³-hybridized carbons (Fsp3) is 0.200. The van der Waals surface area contributed by atoms with Crippen molar-refractivity contribution >= 4 is 11.8 Å². The van der Waals surface area contributed by atoms with Gasteiger partial charge in [-0.2, -0.15) is 4.98 Å². The van der Waals surface area contributed by atoms with Crippen LogP contribution in [0, 0.1) is 6.92 Å². The second-order valence-electron chi connectivity index (χ2n) is 9.72. The third-order valence-corrected chi connectivity index (χ3v) is 7.20. The van der Waals surface area contributed by atoms with Crippen LogP contribution < -0.4 is 11.1 Å². The maximum atomic E-state index is 12.6. The Morgan fingerprint density at radius 2 is 1.62 bits per heavy atom. The smallest absolute Gasteiger partial charge is 0.441 e. The molecule has 0 spiro atoms.